The third-order valence-corrected chi connectivity index (χ3v) is 5.38. The smallest absolute Gasteiger partial charge is 0.271 e. The highest BCUT2D eigenvalue weighted by Crippen LogP contribution is 2.34. The molecule has 0 saturated carbocycles. The number of nitro groups is 2. The van der Waals surface area contributed by atoms with Gasteiger partial charge in [0.1, 0.15) is 6.61 Å². The molecule has 3 rings (SSSR count). The zero-order valence-electron chi connectivity index (χ0n) is 18.3. The monoisotopic (exact) mass is 590 g/mol. The number of amides is 1. The van der Waals surface area contributed by atoms with Crippen molar-refractivity contribution in [3.05, 3.63) is 101 Å². The molecule has 0 aliphatic heterocycles. The quantitative estimate of drug-likeness (QED) is 0.154. The van der Waals surface area contributed by atoms with Crippen molar-refractivity contribution in [3.63, 3.8) is 0 Å². The molecule has 11 nitrogen and oxygen atoms in total. The molecular weight excluding hydrogens is 571 g/mol. The van der Waals surface area contributed by atoms with E-state index in [9.17, 15) is 25.0 Å². The molecule has 0 aromatic heterocycles. The van der Waals surface area contributed by atoms with Crippen LogP contribution in [0.25, 0.3) is 0 Å². The van der Waals surface area contributed by atoms with Crippen molar-refractivity contribution in [2.45, 2.75) is 13.5 Å². The second kappa shape index (κ2) is 11.9. The van der Waals surface area contributed by atoms with Gasteiger partial charge in [0.25, 0.3) is 17.3 Å². The number of nitrogens with zero attached hydrogens (tertiary/aromatic N) is 3. The van der Waals surface area contributed by atoms with Crippen molar-refractivity contribution in [2.75, 3.05) is 6.61 Å². The zero-order chi connectivity index (χ0) is 25.4. The van der Waals surface area contributed by atoms with Gasteiger partial charge in [0.15, 0.2) is 11.5 Å². The average molecular weight is 590 g/mol. The largest absolute Gasteiger partial charge is 0.490 e. The molecule has 0 aliphatic carbocycles. The topological polar surface area (TPSA) is 146 Å². The van der Waals surface area contributed by atoms with Crippen LogP contribution in [0.1, 0.15) is 28.4 Å². The van der Waals surface area contributed by atoms with Gasteiger partial charge in [-0.2, -0.15) is 5.10 Å². The van der Waals surface area contributed by atoms with E-state index in [4.69, 9.17) is 9.47 Å². The summed E-state index contributed by atoms with van der Waals surface area (Å²) in [5.41, 5.74) is 3.90. The second-order valence-electron chi connectivity index (χ2n) is 6.98. The number of hydrogen-bond donors (Lipinski definition) is 1. The summed E-state index contributed by atoms with van der Waals surface area (Å²) in [6.45, 7) is 2.41. The average Bonchev–Trinajstić information content (AvgIpc) is 2.84. The lowest BCUT2D eigenvalue weighted by molar-refractivity contribution is -0.385. The van der Waals surface area contributed by atoms with Gasteiger partial charge in [-0.1, -0.05) is 0 Å². The lowest BCUT2D eigenvalue weighted by Crippen LogP contribution is -2.17. The van der Waals surface area contributed by atoms with Gasteiger partial charge in [0, 0.05) is 29.8 Å². The molecule has 0 bridgehead atoms. The number of hydrogen-bond acceptors (Lipinski definition) is 8. The van der Waals surface area contributed by atoms with E-state index in [0.717, 1.165) is 9.13 Å². The number of carbonyl (C=O) groups is 1. The SMILES string of the molecule is CCOc1cc(/C=N/NC(=O)c2ccc([N+](=O)[O-])cc2)cc(I)c1OCc1ccc([N+](=O)[O-])cc1. The maximum absolute atomic E-state index is 12.2. The molecule has 0 atom stereocenters. The summed E-state index contributed by atoms with van der Waals surface area (Å²) in [7, 11) is 0. The molecule has 0 fully saturated rings. The van der Waals surface area contributed by atoms with Crippen LogP contribution >= 0.6 is 22.6 Å². The number of carbonyl (C=O) groups excluding carboxylic acids is 1. The van der Waals surface area contributed by atoms with Crippen LogP contribution in [-0.2, 0) is 6.61 Å². The van der Waals surface area contributed by atoms with Crippen LogP contribution in [-0.4, -0.2) is 28.6 Å². The number of hydrazone groups is 1. The summed E-state index contributed by atoms with van der Waals surface area (Å²) in [6, 6.07) is 14.7. The van der Waals surface area contributed by atoms with Gasteiger partial charge in [-0.05, 0) is 77.0 Å². The lowest BCUT2D eigenvalue weighted by atomic mass is 10.2. The van der Waals surface area contributed by atoms with Crippen molar-refractivity contribution in [3.8, 4) is 11.5 Å². The predicted octanol–water partition coefficient (Wildman–Crippen LogP) is 4.85. The van der Waals surface area contributed by atoms with Gasteiger partial charge in [-0.15, -0.1) is 0 Å². The minimum atomic E-state index is -0.545. The van der Waals surface area contributed by atoms with Crippen LogP contribution in [0.3, 0.4) is 0 Å². The Morgan fingerprint density at radius 2 is 1.60 bits per heavy atom. The Morgan fingerprint density at radius 3 is 2.17 bits per heavy atom. The van der Waals surface area contributed by atoms with Crippen LogP contribution in [0.5, 0.6) is 11.5 Å². The summed E-state index contributed by atoms with van der Waals surface area (Å²) in [6.07, 6.45) is 1.44. The molecule has 3 aromatic rings. The molecule has 1 amide bonds. The number of nitro benzene ring substituents is 2. The maximum Gasteiger partial charge on any atom is 0.271 e. The highest BCUT2D eigenvalue weighted by atomic mass is 127. The van der Waals surface area contributed by atoms with Crippen LogP contribution in [0.15, 0.2) is 65.8 Å². The number of rotatable bonds is 10. The molecule has 0 saturated heterocycles. The number of nitrogens with one attached hydrogen (secondary N) is 1. The van der Waals surface area contributed by atoms with Crippen molar-refractivity contribution in [2.24, 2.45) is 5.10 Å². The summed E-state index contributed by atoms with van der Waals surface area (Å²) in [4.78, 5) is 32.7. The number of non-ortho nitro benzene ring substituents is 2. The van der Waals surface area contributed by atoms with Crippen molar-refractivity contribution >= 4 is 46.1 Å². The fourth-order valence-corrected chi connectivity index (χ4v) is 3.68. The summed E-state index contributed by atoms with van der Waals surface area (Å²) in [5, 5.41) is 25.5. The predicted molar refractivity (Wildman–Crippen MR) is 136 cm³/mol. The summed E-state index contributed by atoms with van der Waals surface area (Å²) < 4.78 is 12.4. The Morgan fingerprint density at radius 1 is 1.00 bits per heavy atom. The fraction of sp³-hybridized carbons (Fsp3) is 0.130. The third kappa shape index (κ3) is 6.96. The Balaban J connectivity index is 1.69. The van der Waals surface area contributed by atoms with E-state index in [2.05, 4.69) is 33.1 Å². The Bertz CT molecular complexity index is 1260. The highest BCUT2D eigenvalue weighted by molar-refractivity contribution is 14.1. The van der Waals surface area contributed by atoms with E-state index in [1.807, 2.05) is 6.92 Å². The van der Waals surface area contributed by atoms with Crippen LogP contribution in [0, 0.1) is 23.8 Å². The third-order valence-electron chi connectivity index (χ3n) is 4.58. The van der Waals surface area contributed by atoms with E-state index < -0.39 is 15.8 Å². The second-order valence-corrected chi connectivity index (χ2v) is 8.14. The molecule has 35 heavy (non-hydrogen) atoms. The summed E-state index contributed by atoms with van der Waals surface area (Å²) in [5.74, 6) is 0.473. The molecule has 12 heteroatoms. The molecule has 0 radical (unpaired) electrons. The lowest BCUT2D eigenvalue weighted by Gasteiger charge is -2.14. The van der Waals surface area contributed by atoms with E-state index in [-0.39, 0.29) is 23.5 Å². The van der Waals surface area contributed by atoms with E-state index in [1.54, 1.807) is 24.3 Å². The Kier molecular flexibility index (Phi) is 8.67. The van der Waals surface area contributed by atoms with Gasteiger partial charge in [-0.3, -0.25) is 25.0 Å². The molecular formula is C23H19IN4O7. The van der Waals surface area contributed by atoms with Gasteiger partial charge in [0.05, 0.1) is 26.2 Å². The van der Waals surface area contributed by atoms with Gasteiger partial charge in [0.2, 0.25) is 0 Å². The van der Waals surface area contributed by atoms with Crippen molar-refractivity contribution < 1.29 is 24.1 Å². The minimum Gasteiger partial charge on any atom is -0.490 e. The van der Waals surface area contributed by atoms with E-state index in [1.165, 1.54) is 42.6 Å². The Labute approximate surface area is 213 Å². The number of benzene rings is 3. The Hall–Kier alpha value is -4.07. The van der Waals surface area contributed by atoms with E-state index in [0.29, 0.717) is 23.7 Å². The first-order valence-electron chi connectivity index (χ1n) is 10.2. The van der Waals surface area contributed by atoms with Crippen molar-refractivity contribution in [1.29, 1.82) is 0 Å². The molecule has 0 heterocycles. The first-order valence-corrected chi connectivity index (χ1v) is 11.3. The zero-order valence-corrected chi connectivity index (χ0v) is 20.5. The fourth-order valence-electron chi connectivity index (χ4n) is 2.90. The standard InChI is InChI=1S/C23H19IN4O7/c1-2-34-21-12-16(13-25-26-23(29)17-5-9-19(10-6-17)28(32)33)11-20(24)22(21)35-14-15-3-7-18(8-4-15)27(30)31/h3-13H,2,14H2,1H3,(H,26,29)/b25-13+. The minimum absolute atomic E-state index is 0.00245. The van der Waals surface area contributed by atoms with Crippen molar-refractivity contribution in [1.82, 2.24) is 5.43 Å². The van der Waals surface area contributed by atoms with Crippen LogP contribution in [0.4, 0.5) is 11.4 Å². The number of halogens is 1. The molecule has 3 aromatic carbocycles. The molecule has 0 unspecified atom stereocenters. The molecule has 0 aliphatic rings. The summed E-state index contributed by atoms with van der Waals surface area (Å²) >= 11 is 2.09. The molecule has 0 spiro atoms. The highest BCUT2D eigenvalue weighted by Gasteiger charge is 2.13. The first-order chi connectivity index (χ1) is 16.8. The molecule has 1 N–H and O–H groups in total. The van der Waals surface area contributed by atoms with E-state index >= 15 is 0 Å². The van der Waals surface area contributed by atoms with Crippen LogP contribution < -0.4 is 14.9 Å². The first kappa shape index (κ1) is 25.6. The van der Waals surface area contributed by atoms with Gasteiger partial charge in [-0.25, -0.2) is 5.43 Å². The molecule has 180 valence electrons. The number of ether oxygens (including phenoxy) is 2. The maximum atomic E-state index is 12.2. The van der Waals surface area contributed by atoms with Gasteiger partial charge < -0.3 is 9.47 Å². The normalized spacial score (nSPS) is 10.7. The van der Waals surface area contributed by atoms with Gasteiger partial charge >= 0.3 is 0 Å². The van der Waals surface area contributed by atoms with Crippen LogP contribution in [0.2, 0.25) is 0 Å².